The zero-order valence-electron chi connectivity index (χ0n) is 28.6. The van der Waals surface area contributed by atoms with Gasteiger partial charge in [0.05, 0.1) is 0 Å². The number of hydrogen-bond acceptors (Lipinski definition) is 0. The van der Waals surface area contributed by atoms with Crippen molar-refractivity contribution in [2.24, 2.45) is 0 Å². The monoisotopic (exact) mass is 628 g/mol. The lowest BCUT2D eigenvalue weighted by Gasteiger charge is -2.23. The van der Waals surface area contributed by atoms with Gasteiger partial charge in [-0.2, -0.15) is 0 Å². The van der Waals surface area contributed by atoms with Crippen molar-refractivity contribution < 1.29 is 0 Å². The van der Waals surface area contributed by atoms with E-state index in [4.69, 9.17) is 0 Å². The van der Waals surface area contributed by atoms with E-state index in [0.717, 1.165) is 19.3 Å². The average molecular weight is 629 g/mol. The van der Waals surface area contributed by atoms with E-state index >= 15 is 0 Å². The van der Waals surface area contributed by atoms with Crippen molar-refractivity contribution in [3.63, 3.8) is 0 Å². The van der Waals surface area contributed by atoms with Crippen molar-refractivity contribution in [2.45, 2.75) is 46.0 Å². The minimum atomic E-state index is 0.419. The van der Waals surface area contributed by atoms with Crippen molar-refractivity contribution in [1.29, 1.82) is 0 Å². The lowest BCUT2D eigenvalue weighted by molar-refractivity contribution is 0.737. The van der Waals surface area contributed by atoms with E-state index in [1.807, 2.05) is 0 Å². The summed E-state index contributed by atoms with van der Waals surface area (Å²) in [6, 6.07) is 50.3. The van der Waals surface area contributed by atoms with Crippen LogP contribution in [0.5, 0.6) is 0 Å². The van der Waals surface area contributed by atoms with Gasteiger partial charge in [-0.05, 0) is 149 Å². The molecule has 1 unspecified atom stereocenters. The van der Waals surface area contributed by atoms with E-state index in [9.17, 15) is 0 Å². The first kappa shape index (κ1) is 29.7. The quantitative estimate of drug-likeness (QED) is 0.166. The van der Waals surface area contributed by atoms with Crippen LogP contribution in [0.25, 0.3) is 82.5 Å². The van der Waals surface area contributed by atoms with Gasteiger partial charge in [0.2, 0.25) is 0 Å². The third-order valence-corrected chi connectivity index (χ3v) is 11.1. The van der Waals surface area contributed by atoms with Crippen LogP contribution in [-0.4, -0.2) is 0 Å². The Morgan fingerprint density at radius 2 is 1.18 bits per heavy atom. The Bertz CT molecular complexity index is 2610. The number of benzene rings is 8. The van der Waals surface area contributed by atoms with Crippen molar-refractivity contribution in [3.05, 3.63) is 162 Å². The first-order chi connectivity index (χ1) is 24.1. The van der Waals surface area contributed by atoms with Crippen LogP contribution >= 0.6 is 0 Å². The Hall–Kier alpha value is -5.46. The molecule has 1 aliphatic rings. The molecule has 0 bridgehead atoms. The van der Waals surface area contributed by atoms with E-state index < -0.39 is 0 Å². The standard InChI is InChI=1S/C49H40/c1-4-31(2)48-44(15-9-17-46(48)47-18-10-16-45-42-14-8-6-12-38(42)27-32(3)49(45)47)40-24-22-35-28-34(20-21-36(35)30-40)37-25-26-43-39(29-37)23-19-33-11-5-7-13-41(33)43/h5,7-11,13-31H,4,6,12H2,1-3H3. The summed E-state index contributed by atoms with van der Waals surface area (Å²) in [5.74, 6) is 0.419. The Kier molecular flexibility index (Phi) is 7.20. The Balaban J connectivity index is 1.15. The summed E-state index contributed by atoms with van der Waals surface area (Å²) in [6.07, 6.45) is 8.03. The fraction of sp³-hybridized carbons (Fsp3) is 0.143. The van der Waals surface area contributed by atoms with Gasteiger partial charge in [0.15, 0.2) is 0 Å². The summed E-state index contributed by atoms with van der Waals surface area (Å²) < 4.78 is 0. The van der Waals surface area contributed by atoms with Crippen LogP contribution in [0.2, 0.25) is 0 Å². The number of allylic oxidation sites excluding steroid dienone is 1. The highest BCUT2D eigenvalue weighted by molar-refractivity contribution is 6.09. The zero-order chi connectivity index (χ0) is 33.1. The molecule has 9 rings (SSSR count). The fourth-order valence-corrected chi connectivity index (χ4v) is 8.43. The Morgan fingerprint density at radius 3 is 2.04 bits per heavy atom. The third kappa shape index (κ3) is 4.98. The van der Waals surface area contributed by atoms with Crippen LogP contribution in [0.1, 0.15) is 54.9 Å². The number of fused-ring (bicyclic) bond motifs is 7. The zero-order valence-corrected chi connectivity index (χ0v) is 28.6. The normalized spacial score (nSPS) is 13.4. The molecule has 1 aliphatic carbocycles. The van der Waals surface area contributed by atoms with Crippen molar-refractivity contribution >= 4 is 49.2 Å². The molecule has 0 heteroatoms. The molecular weight excluding hydrogens is 589 g/mol. The minimum Gasteiger partial charge on any atom is -0.0836 e. The van der Waals surface area contributed by atoms with Crippen LogP contribution < -0.4 is 0 Å². The van der Waals surface area contributed by atoms with E-state index in [0.29, 0.717) is 5.92 Å². The minimum absolute atomic E-state index is 0.419. The molecule has 49 heavy (non-hydrogen) atoms. The van der Waals surface area contributed by atoms with E-state index in [-0.39, 0.29) is 0 Å². The highest BCUT2D eigenvalue weighted by atomic mass is 14.2. The van der Waals surface area contributed by atoms with Crippen LogP contribution in [0.3, 0.4) is 0 Å². The fourth-order valence-electron chi connectivity index (χ4n) is 8.43. The topological polar surface area (TPSA) is 0 Å². The molecule has 8 aromatic carbocycles. The Morgan fingerprint density at radius 1 is 0.551 bits per heavy atom. The van der Waals surface area contributed by atoms with Crippen LogP contribution in [0, 0.1) is 6.92 Å². The summed E-state index contributed by atoms with van der Waals surface area (Å²) in [6.45, 7) is 7.01. The van der Waals surface area contributed by atoms with E-state index in [1.165, 1.54) is 98.7 Å². The molecule has 236 valence electrons. The number of rotatable bonds is 5. The van der Waals surface area contributed by atoms with Gasteiger partial charge in [0, 0.05) is 0 Å². The molecule has 0 aromatic heterocycles. The molecule has 0 N–H and O–H groups in total. The maximum Gasteiger partial charge on any atom is -0.00698 e. The summed E-state index contributed by atoms with van der Waals surface area (Å²) in [5.41, 5.74) is 13.5. The second-order valence-electron chi connectivity index (χ2n) is 14.0. The second kappa shape index (κ2) is 11.9. The molecule has 0 aliphatic heterocycles. The van der Waals surface area contributed by atoms with Gasteiger partial charge in [0.1, 0.15) is 0 Å². The SMILES string of the molecule is CCC(C)c1c(-c2ccc3cc(-c4ccc5c(ccc6ccccc65)c4)ccc3c2)cccc1-c1cccc2c3c(cc(C)c12)CCC=C3. The van der Waals surface area contributed by atoms with Gasteiger partial charge < -0.3 is 0 Å². The van der Waals surface area contributed by atoms with Gasteiger partial charge in [-0.25, -0.2) is 0 Å². The van der Waals surface area contributed by atoms with Crippen molar-refractivity contribution in [3.8, 4) is 33.4 Å². The molecule has 8 aromatic rings. The Labute approximate surface area is 289 Å². The molecule has 1 atom stereocenters. The van der Waals surface area contributed by atoms with Crippen LogP contribution in [0.15, 0.2) is 140 Å². The molecule has 0 saturated heterocycles. The first-order valence-electron chi connectivity index (χ1n) is 17.9. The predicted molar refractivity (Wildman–Crippen MR) is 214 cm³/mol. The molecule has 0 saturated carbocycles. The lowest BCUT2D eigenvalue weighted by Crippen LogP contribution is -2.01. The van der Waals surface area contributed by atoms with Crippen LogP contribution in [-0.2, 0) is 6.42 Å². The van der Waals surface area contributed by atoms with Crippen molar-refractivity contribution in [1.82, 2.24) is 0 Å². The molecule has 0 fully saturated rings. The molecule has 0 radical (unpaired) electrons. The molecule has 0 amide bonds. The summed E-state index contributed by atoms with van der Waals surface area (Å²) in [7, 11) is 0. The summed E-state index contributed by atoms with van der Waals surface area (Å²) in [5, 5.41) is 10.5. The van der Waals surface area contributed by atoms with Gasteiger partial charge in [-0.1, -0.05) is 141 Å². The number of hydrogen-bond donors (Lipinski definition) is 0. The van der Waals surface area contributed by atoms with Gasteiger partial charge in [-0.15, -0.1) is 0 Å². The van der Waals surface area contributed by atoms with Gasteiger partial charge >= 0.3 is 0 Å². The lowest BCUT2D eigenvalue weighted by atomic mass is 9.81. The first-order valence-corrected chi connectivity index (χ1v) is 17.9. The molecule has 0 nitrogen and oxygen atoms in total. The van der Waals surface area contributed by atoms with Crippen LogP contribution in [0.4, 0.5) is 0 Å². The second-order valence-corrected chi connectivity index (χ2v) is 14.0. The highest BCUT2D eigenvalue weighted by Gasteiger charge is 2.20. The largest absolute Gasteiger partial charge is 0.0836 e. The molecular formula is C49H40. The molecule has 0 heterocycles. The van der Waals surface area contributed by atoms with Gasteiger partial charge in [0.25, 0.3) is 0 Å². The maximum absolute atomic E-state index is 2.44. The van der Waals surface area contributed by atoms with E-state index in [1.54, 1.807) is 0 Å². The predicted octanol–water partition coefficient (Wildman–Crippen LogP) is 14.1. The summed E-state index contributed by atoms with van der Waals surface area (Å²) >= 11 is 0. The highest BCUT2D eigenvalue weighted by Crippen LogP contribution is 2.44. The summed E-state index contributed by atoms with van der Waals surface area (Å²) in [4.78, 5) is 0. The van der Waals surface area contributed by atoms with Gasteiger partial charge in [-0.3, -0.25) is 0 Å². The number of aryl methyl sites for hydroxylation is 2. The third-order valence-electron chi connectivity index (χ3n) is 11.1. The maximum atomic E-state index is 2.44. The van der Waals surface area contributed by atoms with E-state index in [2.05, 4.69) is 166 Å². The smallest absolute Gasteiger partial charge is 0.00698 e. The molecule has 0 spiro atoms. The van der Waals surface area contributed by atoms with Crippen molar-refractivity contribution in [2.75, 3.05) is 0 Å². The average Bonchev–Trinajstić information content (AvgIpc) is 3.16.